The number of aryl methyl sites for hydroxylation is 1. The number of allylic oxidation sites excluding steroid dienone is 2. The molecule has 5 aromatic carbocycles. The van der Waals surface area contributed by atoms with Crippen LogP contribution in [0.2, 0.25) is 0 Å². The first-order valence-electron chi connectivity index (χ1n) is 30.7. The van der Waals surface area contributed by atoms with E-state index in [9.17, 15) is 10.5 Å². The predicted octanol–water partition coefficient (Wildman–Crippen LogP) is 10.5. The maximum atomic E-state index is 17.2. The SMILES string of the molecule is COC[C@@]12[C@@H]3[C@@H]([C@@H]4O[C@H]3[C@]35C(=O)N(c6cccc(C)c6)C(=O)[C@]43[C@@H]3O[C@H]5[C@@H]4[C@H]3[C@@]3(COC)[C@@H]5C[C@@H]([C@@H]6[C@H]5[C@@H]5CC[C@H]6C5=C(C#N)C#N)[C@@]43COC)[C@]1(COC)[C@H]1C[C@@H]2c2c1c(-c1ccccc1)c1c(OC)ccc(OC)c1c2-c1ccccc1. The van der Waals surface area contributed by atoms with E-state index in [4.69, 9.17) is 37.9 Å². The van der Waals surface area contributed by atoms with Crippen molar-refractivity contribution >= 4 is 28.3 Å². The maximum Gasteiger partial charge on any atom is 0.246 e. The Morgan fingerprint density at radius 1 is 0.560 bits per heavy atom. The summed E-state index contributed by atoms with van der Waals surface area (Å²) < 4.78 is 55.7. The largest absolute Gasteiger partial charge is 0.496 e. The normalized spacial score (nSPS) is 43.8. The number of imide groups is 1. The van der Waals surface area contributed by atoms with E-state index in [0.29, 0.717) is 37.7 Å². The molecular weight excluding hydrogens is 1050 g/mol. The number of ether oxygens (including phenoxy) is 8. The van der Waals surface area contributed by atoms with Crippen LogP contribution in [0.25, 0.3) is 33.0 Å². The van der Waals surface area contributed by atoms with Crippen LogP contribution in [-0.4, -0.2) is 105 Å². The second kappa shape index (κ2) is 16.5. The molecule has 0 unspecified atom stereocenters. The number of carbonyl (C=O) groups is 2. The summed E-state index contributed by atoms with van der Waals surface area (Å²) in [5.74, 6) is 1.34. The second-order valence-electron chi connectivity index (χ2n) is 27.8. The molecule has 2 amide bonds. The van der Waals surface area contributed by atoms with E-state index in [1.807, 2.05) is 71.8 Å². The number of hydrogen-bond donors (Lipinski definition) is 0. The molecule has 8 aliphatic carbocycles. The van der Waals surface area contributed by atoms with Crippen molar-refractivity contribution in [2.75, 3.05) is 74.0 Å². The molecule has 13 nitrogen and oxygen atoms in total. The van der Waals surface area contributed by atoms with Gasteiger partial charge in [0.25, 0.3) is 0 Å². The first kappa shape index (κ1) is 50.9. The molecule has 0 radical (unpaired) electrons. The molecule has 84 heavy (non-hydrogen) atoms. The molecule has 18 rings (SSSR count). The van der Waals surface area contributed by atoms with Crippen molar-refractivity contribution in [3.8, 4) is 45.9 Å². The smallest absolute Gasteiger partial charge is 0.246 e. The fourth-order valence-corrected chi connectivity index (χ4v) is 26.0. The molecule has 5 aromatic rings. The van der Waals surface area contributed by atoms with Gasteiger partial charge >= 0.3 is 0 Å². The number of rotatable bonds is 13. The third kappa shape index (κ3) is 4.78. The highest BCUT2D eigenvalue weighted by atomic mass is 16.6. The monoisotopic (exact) mass is 1120 g/mol. The van der Waals surface area contributed by atoms with Gasteiger partial charge in [0, 0.05) is 84.5 Å². The Kier molecular flexibility index (Phi) is 10.0. The molecule has 22 atom stereocenters. The van der Waals surface area contributed by atoms with Gasteiger partial charge in [-0.25, -0.2) is 4.90 Å². The maximum absolute atomic E-state index is 17.2. The van der Waals surface area contributed by atoms with Crippen molar-refractivity contribution in [1.29, 1.82) is 10.5 Å². The summed E-state index contributed by atoms with van der Waals surface area (Å²) >= 11 is 0. The fraction of sp³-hybridized carbons (Fsp3) is 0.521. The molecule has 5 heterocycles. The van der Waals surface area contributed by atoms with E-state index in [-0.39, 0.29) is 82.8 Å². The van der Waals surface area contributed by atoms with Crippen LogP contribution in [0, 0.1) is 121 Å². The average molecular weight is 1120 g/mol. The lowest BCUT2D eigenvalue weighted by Crippen LogP contribution is -2.85. The van der Waals surface area contributed by atoms with Gasteiger partial charge in [-0.2, -0.15) is 10.5 Å². The quantitative estimate of drug-likeness (QED) is 0.0476. The third-order valence-corrected chi connectivity index (χ3v) is 26.8. The lowest BCUT2D eigenvalue weighted by atomic mass is 9.22. The highest BCUT2D eigenvalue weighted by molar-refractivity contribution is 6.27. The second-order valence-corrected chi connectivity index (χ2v) is 27.8. The summed E-state index contributed by atoms with van der Waals surface area (Å²) in [6.45, 7) is 3.73. The third-order valence-electron chi connectivity index (χ3n) is 26.8. The molecule has 0 aromatic heterocycles. The predicted molar refractivity (Wildman–Crippen MR) is 308 cm³/mol. The summed E-state index contributed by atoms with van der Waals surface area (Å²) in [6.07, 6.45) is 1.01. The molecule has 5 aliphatic heterocycles. The summed E-state index contributed by atoms with van der Waals surface area (Å²) in [5.41, 5.74) is 4.87. The van der Waals surface area contributed by atoms with E-state index < -0.39 is 56.9 Å². The molecule has 428 valence electrons. The van der Waals surface area contributed by atoms with Gasteiger partial charge in [-0.1, -0.05) is 72.8 Å². The lowest BCUT2D eigenvalue weighted by molar-refractivity contribution is -0.330. The highest BCUT2D eigenvalue weighted by Gasteiger charge is 3.05. The van der Waals surface area contributed by atoms with E-state index >= 15 is 9.59 Å². The molecule has 13 aliphatic rings. The molecule has 0 N–H and O–H groups in total. The van der Waals surface area contributed by atoms with Gasteiger partial charge in [-0.05, 0) is 149 Å². The average Bonchev–Trinajstić information content (AvgIpc) is 1.38. The Labute approximate surface area is 489 Å². The van der Waals surface area contributed by atoms with Crippen molar-refractivity contribution in [2.24, 2.45) is 91.7 Å². The van der Waals surface area contributed by atoms with Crippen LogP contribution in [0.4, 0.5) is 5.69 Å². The Morgan fingerprint density at radius 2 is 0.988 bits per heavy atom. The summed E-state index contributed by atoms with van der Waals surface area (Å²) in [4.78, 5) is 36.0. The summed E-state index contributed by atoms with van der Waals surface area (Å²) in [5, 5.41) is 23.0. The van der Waals surface area contributed by atoms with E-state index in [1.54, 1.807) is 19.1 Å². The number of benzene rings is 5. The first-order valence-corrected chi connectivity index (χ1v) is 30.7. The van der Waals surface area contributed by atoms with Gasteiger partial charge in [0.05, 0.1) is 70.8 Å². The molecule has 0 spiro atoms. The van der Waals surface area contributed by atoms with E-state index in [1.165, 1.54) is 11.1 Å². The number of amides is 2. The summed E-state index contributed by atoms with van der Waals surface area (Å²) in [6, 6.07) is 38.1. The number of fused-ring (bicyclic) bond motifs is 35. The lowest BCUT2D eigenvalue weighted by Gasteiger charge is -2.78. The summed E-state index contributed by atoms with van der Waals surface area (Å²) in [7, 11) is 10.8. The van der Waals surface area contributed by atoms with E-state index in [0.717, 1.165) is 81.3 Å². The van der Waals surface area contributed by atoms with Crippen LogP contribution in [0.15, 0.2) is 108 Å². The highest BCUT2D eigenvalue weighted by Crippen LogP contribution is 2.98. The van der Waals surface area contributed by atoms with Gasteiger partial charge in [-0.15, -0.1) is 0 Å². The number of methoxy groups -OCH3 is 6. The van der Waals surface area contributed by atoms with Gasteiger partial charge in [-0.3, -0.25) is 9.59 Å². The van der Waals surface area contributed by atoms with Crippen LogP contribution in [0.1, 0.15) is 54.2 Å². The van der Waals surface area contributed by atoms with Crippen LogP contribution in [0.5, 0.6) is 11.5 Å². The Hall–Kier alpha value is -6.42. The fourth-order valence-electron chi connectivity index (χ4n) is 26.0. The zero-order valence-corrected chi connectivity index (χ0v) is 48.6. The van der Waals surface area contributed by atoms with Crippen molar-refractivity contribution < 1.29 is 47.5 Å². The number of anilines is 1. The molecule has 12 fully saturated rings. The van der Waals surface area contributed by atoms with Crippen LogP contribution in [0.3, 0.4) is 0 Å². The minimum Gasteiger partial charge on any atom is -0.496 e. The van der Waals surface area contributed by atoms with Crippen molar-refractivity contribution in [3.63, 3.8) is 0 Å². The minimum atomic E-state index is -1.39. The van der Waals surface area contributed by atoms with Gasteiger partial charge in [0.1, 0.15) is 40.0 Å². The van der Waals surface area contributed by atoms with Gasteiger partial charge in [0.2, 0.25) is 11.8 Å². The molecular formula is C71H69N3O10. The number of hydrogen-bond acceptors (Lipinski definition) is 12. The topological polar surface area (TPSA) is 159 Å². The van der Waals surface area contributed by atoms with Crippen LogP contribution >= 0.6 is 0 Å². The van der Waals surface area contributed by atoms with Gasteiger partial charge in [0.15, 0.2) is 0 Å². The molecule has 13 heteroatoms. The Bertz CT molecular complexity index is 3690. The Balaban J connectivity index is 0.899. The minimum absolute atomic E-state index is 0.0972. The number of nitrogens with zero attached hydrogens (tertiary/aromatic N) is 3. The van der Waals surface area contributed by atoms with Crippen LogP contribution < -0.4 is 14.4 Å². The van der Waals surface area contributed by atoms with Crippen molar-refractivity contribution in [3.05, 3.63) is 125 Å². The molecule has 7 saturated carbocycles. The number of carbonyl (C=O) groups excluding carboxylic acids is 2. The van der Waals surface area contributed by atoms with Crippen LogP contribution in [-0.2, 0) is 38.0 Å². The van der Waals surface area contributed by atoms with E-state index in [2.05, 4.69) is 72.8 Å². The molecule has 5 saturated heterocycles. The molecule has 10 bridgehead atoms. The van der Waals surface area contributed by atoms with Crippen molar-refractivity contribution in [1.82, 2.24) is 0 Å². The van der Waals surface area contributed by atoms with Gasteiger partial charge < -0.3 is 37.9 Å². The zero-order chi connectivity index (χ0) is 57.1. The Morgan fingerprint density at radius 3 is 1.39 bits per heavy atom. The first-order chi connectivity index (χ1) is 41.1. The standard InChI is InChI=1S/C71H69N3O10/c1-34-15-14-20-38(25-34)74-64(75)70-60-56-57(67(31-78-3)42-26-41(66(56,67)30-77-2)50-39-21-22-40(51(42)50)47(39)37(28-72)29-73)61(83-60)71(70,65(74)76)63-59-58(62(70)84-63)68(32-79-4)43-27-44(69(59,68)33-80-5)53-49(36-18-12-9-13-19-36)55-46(82-7)24-23-45(81-6)54(55)48(52(43)53)35-16-10-8-11-17-35/h8-20,23-25,39-44,50-51,56-63H,21-22,26-27,30-33H2,1-7H3/t39-,40+,41-,42+,43+,44-,50+,51-,56-,57+,58+,59-,60-,61+,62+,63-,66-,67+,68+,69-,70+,71-. The number of nitriles is 2. The zero-order valence-electron chi connectivity index (χ0n) is 48.6. The van der Waals surface area contributed by atoms with Crippen molar-refractivity contribution in [2.45, 2.75) is 68.9 Å².